The van der Waals surface area contributed by atoms with Crippen molar-refractivity contribution in [3.63, 3.8) is 0 Å². The maximum absolute atomic E-state index is 12.8. The Kier molecular flexibility index (Phi) is 6.65. The van der Waals surface area contributed by atoms with E-state index in [1.54, 1.807) is 34.4 Å². The Morgan fingerprint density at radius 2 is 2.07 bits per heavy atom. The van der Waals surface area contributed by atoms with E-state index in [1.165, 1.54) is 0 Å². The molecule has 0 bridgehead atoms. The minimum Gasteiger partial charge on any atom is -0.490 e. The summed E-state index contributed by atoms with van der Waals surface area (Å²) in [6.07, 6.45) is 0.683. The van der Waals surface area contributed by atoms with Crippen LogP contribution >= 0.6 is 11.3 Å². The Morgan fingerprint density at radius 1 is 1.30 bits per heavy atom. The summed E-state index contributed by atoms with van der Waals surface area (Å²) in [4.78, 5) is 31.4. The molecule has 0 aliphatic carbocycles. The fourth-order valence-electron chi connectivity index (χ4n) is 3.09. The van der Waals surface area contributed by atoms with E-state index in [0.29, 0.717) is 49.2 Å². The van der Waals surface area contributed by atoms with Gasteiger partial charge in [0.25, 0.3) is 0 Å². The number of amides is 3. The predicted octanol–water partition coefficient (Wildman–Crippen LogP) is 4.40. The van der Waals surface area contributed by atoms with Crippen LogP contribution < -0.4 is 20.3 Å². The van der Waals surface area contributed by atoms with Crippen molar-refractivity contribution in [3.05, 3.63) is 34.3 Å². The van der Waals surface area contributed by atoms with Crippen LogP contribution in [0.2, 0.25) is 0 Å². The lowest BCUT2D eigenvalue weighted by Crippen LogP contribution is -2.44. The van der Waals surface area contributed by atoms with Gasteiger partial charge in [0.05, 0.1) is 22.9 Å². The van der Waals surface area contributed by atoms with Gasteiger partial charge in [-0.3, -0.25) is 4.79 Å². The fraction of sp³-hybridized carbons (Fsp3) is 0.500. The van der Waals surface area contributed by atoms with E-state index in [0.717, 1.165) is 10.7 Å². The highest BCUT2D eigenvalue weighted by Crippen LogP contribution is 2.36. The maximum Gasteiger partial charge on any atom is 0.319 e. The molecule has 0 unspecified atom stereocenters. The zero-order valence-electron chi connectivity index (χ0n) is 18.2. The first-order valence-electron chi connectivity index (χ1n) is 10.2. The second-order valence-corrected chi connectivity index (χ2v) is 9.59. The molecule has 162 valence electrons. The third kappa shape index (κ3) is 5.30. The molecule has 1 aliphatic heterocycles. The number of ether oxygens (including phenoxy) is 1. The minimum atomic E-state index is -0.499. The molecule has 2 N–H and O–H groups in total. The molecule has 2 heterocycles. The molecular formula is C22H30N4O3S. The van der Waals surface area contributed by atoms with Crippen LogP contribution in [0, 0.1) is 5.41 Å². The van der Waals surface area contributed by atoms with Gasteiger partial charge in [-0.15, -0.1) is 11.3 Å². The van der Waals surface area contributed by atoms with Crippen LogP contribution in [0.1, 0.15) is 51.2 Å². The Morgan fingerprint density at radius 3 is 2.73 bits per heavy atom. The van der Waals surface area contributed by atoms with Gasteiger partial charge in [-0.2, -0.15) is 0 Å². The van der Waals surface area contributed by atoms with Crippen molar-refractivity contribution in [1.29, 1.82) is 0 Å². The number of hydrogen-bond acceptors (Lipinski definition) is 5. The largest absolute Gasteiger partial charge is 0.490 e. The molecule has 3 rings (SSSR count). The van der Waals surface area contributed by atoms with Crippen LogP contribution in [0.5, 0.6) is 5.75 Å². The van der Waals surface area contributed by atoms with Gasteiger partial charge in [0.1, 0.15) is 12.4 Å². The molecule has 1 aromatic carbocycles. The van der Waals surface area contributed by atoms with Crippen molar-refractivity contribution in [2.24, 2.45) is 5.41 Å². The van der Waals surface area contributed by atoms with Gasteiger partial charge >= 0.3 is 6.03 Å². The van der Waals surface area contributed by atoms with Gasteiger partial charge in [0.15, 0.2) is 0 Å². The number of nitrogens with one attached hydrogen (secondary N) is 2. The van der Waals surface area contributed by atoms with E-state index < -0.39 is 5.41 Å². The van der Waals surface area contributed by atoms with Gasteiger partial charge in [0, 0.05) is 35.4 Å². The number of benzene rings is 1. The number of carbonyl (C=O) groups excluding carboxylic acids is 2. The average molecular weight is 431 g/mol. The lowest BCUT2D eigenvalue weighted by Gasteiger charge is -2.34. The van der Waals surface area contributed by atoms with Gasteiger partial charge in [0.2, 0.25) is 5.91 Å². The lowest BCUT2D eigenvalue weighted by molar-refractivity contribution is -0.126. The molecule has 0 fully saturated rings. The molecule has 1 aromatic heterocycles. The summed E-state index contributed by atoms with van der Waals surface area (Å²) in [5.41, 5.74) is 1.79. The fourth-order valence-corrected chi connectivity index (χ4v) is 3.96. The summed E-state index contributed by atoms with van der Waals surface area (Å²) in [5, 5.41) is 8.85. The Hall–Kier alpha value is -2.61. The maximum atomic E-state index is 12.8. The Bertz CT molecular complexity index is 917. The number of thiazole rings is 1. The molecule has 0 radical (unpaired) electrons. The van der Waals surface area contributed by atoms with Crippen molar-refractivity contribution in [1.82, 2.24) is 10.3 Å². The molecule has 0 saturated carbocycles. The highest BCUT2D eigenvalue weighted by Gasteiger charge is 2.32. The smallest absolute Gasteiger partial charge is 0.319 e. The number of rotatable bonds is 5. The van der Waals surface area contributed by atoms with Crippen LogP contribution in [0.4, 0.5) is 16.2 Å². The van der Waals surface area contributed by atoms with Crippen LogP contribution in [-0.2, 0) is 11.2 Å². The Labute approximate surface area is 181 Å². The summed E-state index contributed by atoms with van der Waals surface area (Å²) < 4.78 is 5.68. The first-order valence-corrected chi connectivity index (χ1v) is 11.1. The molecule has 0 atom stereocenters. The molecule has 7 nitrogen and oxygen atoms in total. The number of carbonyl (C=O) groups is 2. The quantitative estimate of drug-likeness (QED) is 0.736. The second-order valence-electron chi connectivity index (χ2n) is 8.70. The highest BCUT2D eigenvalue weighted by molar-refractivity contribution is 7.09. The van der Waals surface area contributed by atoms with E-state index in [-0.39, 0.29) is 11.9 Å². The van der Waals surface area contributed by atoms with Crippen molar-refractivity contribution in [2.75, 3.05) is 29.9 Å². The van der Waals surface area contributed by atoms with E-state index in [2.05, 4.69) is 29.5 Å². The molecule has 0 spiro atoms. The van der Waals surface area contributed by atoms with Gasteiger partial charge in [-0.25, -0.2) is 9.78 Å². The van der Waals surface area contributed by atoms with Gasteiger partial charge in [-0.05, 0) is 18.2 Å². The van der Waals surface area contributed by atoms with Crippen molar-refractivity contribution in [2.45, 2.75) is 47.0 Å². The van der Waals surface area contributed by atoms with E-state index in [9.17, 15) is 9.59 Å². The predicted molar refractivity (Wildman–Crippen MR) is 121 cm³/mol. The number of hydrogen-bond donors (Lipinski definition) is 2. The summed E-state index contributed by atoms with van der Waals surface area (Å²) in [6, 6.07) is 5.06. The summed E-state index contributed by atoms with van der Waals surface area (Å²) in [5.74, 6) is 1.09. The highest BCUT2D eigenvalue weighted by atomic mass is 32.1. The van der Waals surface area contributed by atoms with Crippen LogP contribution in [0.15, 0.2) is 23.6 Å². The van der Waals surface area contributed by atoms with Crippen LogP contribution in [-0.4, -0.2) is 36.6 Å². The average Bonchev–Trinajstić information content (AvgIpc) is 3.15. The molecule has 0 saturated heterocycles. The molecule has 2 aromatic rings. The summed E-state index contributed by atoms with van der Waals surface area (Å²) in [6.45, 7) is 11.4. The minimum absolute atomic E-state index is 0.0256. The topological polar surface area (TPSA) is 83.6 Å². The monoisotopic (exact) mass is 430 g/mol. The number of aromatic nitrogens is 1. The molecule has 1 aliphatic rings. The van der Waals surface area contributed by atoms with Gasteiger partial charge < -0.3 is 20.3 Å². The molecular weight excluding hydrogens is 400 g/mol. The first-order chi connectivity index (χ1) is 14.1. The van der Waals surface area contributed by atoms with E-state index in [4.69, 9.17) is 4.74 Å². The summed E-state index contributed by atoms with van der Waals surface area (Å²) >= 11 is 1.65. The van der Waals surface area contributed by atoms with E-state index >= 15 is 0 Å². The number of anilines is 2. The second kappa shape index (κ2) is 9.04. The third-order valence-corrected chi connectivity index (χ3v) is 5.89. The molecule has 3 amide bonds. The van der Waals surface area contributed by atoms with E-state index in [1.807, 2.05) is 26.2 Å². The van der Waals surface area contributed by atoms with Crippen LogP contribution in [0.3, 0.4) is 0 Å². The standard InChI is InChI=1S/C22H30N4O3S/c1-14(2)19-24-16(13-30-19)8-9-23-21(28)25-15-6-7-18-17(12-15)26(10-11-29-18)20(27)22(3,4)5/h6-7,12-14H,8-11H2,1-5H3,(H2,23,25,28). The van der Waals surface area contributed by atoms with Crippen molar-refractivity contribution >= 4 is 34.6 Å². The number of urea groups is 1. The lowest BCUT2D eigenvalue weighted by atomic mass is 9.94. The normalized spacial score (nSPS) is 13.6. The zero-order valence-corrected chi connectivity index (χ0v) is 19.1. The SMILES string of the molecule is CC(C)c1nc(CCNC(=O)Nc2ccc3c(c2)N(C(=O)C(C)(C)C)CCO3)cs1. The zero-order chi connectivity index (χ0) is 21.9. The third-order valence-electron chi connectivity index (χ3n) is 4.70. The molecule has 30 heavy (non-hydrogen) atoms. The number of fused-ring (bicyclic) bond motifs is 1. The summed E-state index contributed by atoms with van der Waals surface area (Å²) in [7, 11) is 0. The first kappa shape index (κ1) is 22.1. The van der Waals surface area contributed by atoms with Crippen molar-refractivity contribution < 1.29 is 14.3 Å². The van der Waals surface area contributed by atoms with Gasteiger partial charge in [-0.1, -0.05) is 34.6 Å². The Balaban J connectivity index is 1.60. The van der Waals surface area contributed by atoms with Crippen LogP contribution in [0.25, 0.3) is 0 Å². The number of nitrogens with zero attached hydrogens (tertiary/aromatic N) is 2. The molecule has 8 heteroatoms. The van der Waals surface area contributed by atoms with Crippen molar-refractivity contribution in [3.8, 4) is 5.75 Å².